The molecular formula is C12H17ClN2. The van der Waals surface area contributed by atoms with Crippen LogP contribution >= 0.6 is 11.6 Å². The zero-order chi connectivity index (χ0) is 10.5. The van der Waals surface area contributed by atoms with Gasteiger partial charge in [-0.2, -0.15) is 0 Å². The van der Waals surface area contributed by atoms with E-state index < -0.39 is 0 Å². The van der Waals surface area contributed by atoms with Gasteiger partial charge in [-0.15, -0.1) is 11.6 Å². The monoisotopic (exact) mass is 224 g/mol. The van der Waals surface area contributed by atoms with Crippen LogP contribution in [0.4, 0.5) is 5.82 Å². The summed E-state index contributed by atoms with van der Waals surface area (Å²) in [6, 6.07) is 6.10. The summed E-state index contributed by atoms with van der Waals surface area (Å²) in [4.78, 5) is 6.74. The van der Waals surface area contributed by atoms with Gasteiger partial charge in [0, 0.05) is 25.2 Å². The first-order valence-electron chi connectivity index (χ1n) is 5.62. The molecule has 0 unspecified atom stereocenters. The molecule has 2 rings (SSSR count). The van der Waals surface area contributed by atoms with Crippen LogP contribution in [0.3, 0.4) is 0 Å². The lowest BCUT2D eigenvalue weighted by Crippen LogP contribution is -2.34. The van der Waals surface area contributed by atoms with Gasteiger partial charge in [0.1, 0.15) is 5.82 Å². The molecular weight excluding hydrogens is 208 g/mol. The standard InChI is InChI=1S/C12H17ClN2/c13-7-4-11-5-9-15(10-6-11)12-3-1-2-8-14-12/h1-3,8,11H,4-7,9-10H2. The number of hydrogen-bond acceptors (Lipinski definition) is 2. The first-order valence-corrected chi connectivity index (χ1v) is 6.15. The molecule has 1 fully saturated rings. The molecule has 0 radical (unpaired) electrons. The summed E-state index contributed by atoms with van der Waals surface area (Å²) in [6.07, 6.45) is 5.53. The number of alkyl halides is 1. The van der Waals surface area contributed by atoms with Crippen LogP contribution in [0.5, 0.6) is 0 Å². The Kier molecular flexibility index (Phi) is 3.84. The molecule has 2 heterocycles. The molecule has 0 saturated carbocycles. The second-order valence-corrected chi connectivity index (χ2v) is 4.47. The molecule has 2 nitrogen and oxygen atoms in total. The number of piperidine rings is 1. The quantitative estimate of drug-likeness (QED) is 0.734. The first kappa shape index (κ1) is 10.7. The highest BCUT2D eigenvalue weighted by atomic mass is 35.5. The molecule has 1 saturated heterocycles. The van der Waals surface area contributed by atoms with Crippen molar-refractivity contribution >= 4 is 17.4 Å². The molecule has 1 aromatic rings. The van der Waals surface area contributed by atoms with Crippen LogP contribution in [0.25, 0.3) is 0 Å². The van der Waals surface area contributed by atoms with Gasteiger partial charge in [-0.1, -0.05) is 6.07 Å². The summed E-state index contributed by atoms with van der Waals surface area (Å²) in [5, 5.41) is 0. The summed E-state index contributed by atoms with van der Waals surface area (Å²) in [7, 11) is 0. The minimum Gasteiger partial charge on any atom is -0.357 e. The van der Waals surface area contributed by atoms with Crippen molar-refractivity contribution < 1.29 is 0 Å². The van der Waals surface area contributed by atoms with Crippen LogP contribution in [0.1, 0.15) is 19.3 Å². The number of pyridine rings is 1. The van der Waals surface area contributed by atoms with E-state index in [0.717, 1.165) is 37.1 Å². The summed E-state index contributed by atoms with van der Waals surface area (Å²) in [6.45, 7) is 2.25. The molecule has 0 aliphatic carbocycles. The fourth-order valence-electron chi connectivity index (χ4n) is 2.15. The lowest BCUT2D eigenvalue weighted by molar-refractivity contribution is 0.395. The van der Waals surface area contributed by atoms with Crippen molar-refractivity contribution in [1.82, 2.24) is 4.98 Å². The lowest BCUT2D eigenvalue weighted by Gasteiger charge is -2.32. The molecule has 1 aromatic heterocycles. The number of nitrogens with zero attached hydrogens (tertiary/aromatic N) is 2. The van der Waals surface area contributed by atoms with E-state index in [1.54, 1.807) is 0 Å². The number of hydrogen-bond donors (Lipinski definition) is 0. The fourth-order valence-corrected chi connectivity index (χ4v) is 2.45. The Balaban J connectivity index is 1.88. The molecule has 0 spiro atoms. The zero-order valence-corrected chi connectivity index (χ0v) is 9.66. The smallest absolute Gasteiger partial charge is 0.128 e. The van der Waals surface area contributed by atoms with Gasteiger partial charge in [0.2, 0.25) is 0 Å². The second kappa shape index (κ2) is 5.36. The van der Waals surface area contributed by atoms with E-state index in [1.165, 1.54) is 12.8 Å². The Hall–Kier alpha value is -0.760. The third-order valence-corrected chi connectivity index (χ3v) is 3.32. The highest BCUT2D eigenvalue weighted by Gasteiger charge is 2.19. The fraction of sp³-hybridized carbons (Fsp3) is 0.583. The van der Waals surface area contributed by atoms with Gasteiger partial charge in [-0.25, -0.2) is 4.98 Å². The number of rotatable bonds is 3. The van der Waals surface area contributed by atoms with Gasteiger partial charge in [0.05, 0.1) is 0 Å². The van der Waals surface area contributed by atoms with Crippen LogP contribution < -0.4 is 4.90 Å². The Morgan fingerprint density at radius 3 is 2.73 bits per heavy atom. The van der Waals surface area contributed by atoms with Crippen LogP contribution in [-0.4, -0.2) is 24.0 Å². The maximum absolute atomic E-state index is 5.76. The van der Waals surface area contributed by atoms with E-state index in [-0.39, 0.29) is 0 Å². The predicted octanol–water partition coefficient (Wildman–Crippen LogP) is 2.93. The number of halogens is 1. The van der Waals surface area contributed by atoms with Gasteiger partial charge in [-0.3, -0.25) is 0 Å². The van der Waals surface area contributed by atoms with Gasteiger partial charge in [-0.05, 0) is 37.3 Å². The normalized spacial score (nSPS) is 18.1. The van der Waals surface area contributed by atoms with Gasteiger partial charge in [0.15, 0.2) is 0 Å². The van der Waals surface area contributed by atoms with Crippen molar-refractivity contribution in [3.8, 4) is 0 Å². The van der Waals surface area contributed by atoms with Crippen molar-refractivity contribution in [1.29, 1.82) is 0 Å². The molecule has 3 heteroatoms. The molecule has 82 valence electrons. The summed E-state index contributed by atoms with van der Waals surface area (Å²) in [5.74, 6) is 2.73. The molecule has 1 aliphatic rings. The van der Waals surface area contributed by atoms with Gasteiger partial charge in [0.25, 0.3) is 0 Å². The molecule has 1 aliphatic heterocycles. The average molecular weight is 225 g/mol. The van der Waals surface area contributed by atoms with E-state index in [9.17, 15) is 0 Å². The number of aromatic nitrogens is 1. The molecule has 0 N–H and O–H groups in total. The second-order valence-electron chi connectivity index (χ2n) is 4.10. The third-order valence-electron chi connectivity index (χ3n) is 3.11. The number of anilines is 1. The van der Waals surface area contributed by atoms with Gasteiger partial charge >= 0.3 is 0 Å². The van der Waals surface area contributed by atoms with Crippen molar-refractivity contribution in [2.24, 2.45) is 5.92 Å². The average Bonchev–Trinajstić information content (AvgIpc) is 2.32. The van der Waals surface area contributed by atoms with Crippen LogP contribution in [0, 0.1) is 5.92 Å². The SMILES string of the molecule is ClCCC1CCN(c2ccccn2)CC1. The highest BCUT2D eigenvalue weighted by molar-refractivity contribution is 6.17. The minimum atomic E-state index is 0.800. The van der Waals surface area contributed by atoms with E-state index in [4.69, 9.17) is 11.6 Å². The minimum absolute atomic E-state index is 0.800. The van der Waals surface area contributed by atoms with Crippen molar-refractivity contribution in [3.63, 3.8) is 0 Å². The molecule has 0 atom stereocenters. The van der Waals surface area contributed by atoms with E-state index in [1.807, 2.05) is 18.3 Å². The van der Waals surface area contributed by atoms with E-state index >= 15 is 0 Å². The van der Waals surface area contributed by atoms with Crippen LogP contribution in [-0.2, 0) is 0 Å². The maximum atomic E-state index is 5.76. The molecule has 15 heavy (non-hydrogen) atoms. The third kappa shape index (κ3) is 2.85. The predicted molar refractivity (Wildman–Crippen MR) is 64.5 cm³/mol. The van der Waals surface area contributed by atoms with Crippen LogP contribution in [0.15, 0.2) is 24.4 Å². The Morgan fingerprint density at radius 2 is 2.13 bits per heavy atom. The van der Waals surface area contributed by atoms with Crippen LogP contribution in [0.2, 0.25) is 0 Å². The first-order chi connectivity index (χ1) is 7.40. The lowest BCUT2D eigenvalue weighted by atomic mass is 9.94. The van der Waals surface area contributed by atoms with E-state index in [0.29, 0.717) is 0 Å². The highest BCUT2D eigenvalue weighted by Crippen LogP contribution is 2.23. The van der Waals surface area contributed by atoms with Gasteiger partial charge < -0.3 is 4.90 Å². The Morgan fingerprint density at radius 1 is 1.33 bits per heavy atom. The maximum Gasteiger partial charge on any atom is 0.128 e. The zero-order valence-electron chi connectivity index (χ0n) is 8.90. The molecule has 0 amide bonds. The summed E-state index contributed by atoms with van der Waals surface area (Å²) >= 11 is 5.76. The van der Waals surface area contributed by atoms with E-state index in [2.05, 4.69) is 16.0 Å². The largest absolute Gasteiger partial charge is 0.357 e. The Labute approximate surface area is 96.3 Å². The summed E-state index contributed by atoms with van der Waals surface area (Å²) in [5.41, 5.74) is 0. The topological polar surface area (TPSA) is 16.1 Å². The van der Waals surface area contributed by atoms with Crippen molar-refractivity contribution in [2.75, 3.05) is 23.9 Å². The van der Waals surface area contributed by atoms with Crippen molar-refractivity contribution in [2.45, 2.75) is 19.3 Å². The molecule has 0 aromatic carbocycles. The summed E-state index contributed by atoms with van der Waals surface area (Å²) < 4.78 is 0. The Bertz CT molecular complexity index is 281. The molecule has 0 bridgehead atoms. The van der Waals surface area contributed by atoms with Crippen molar-refractivity contribution in [3.05, 3.63) is 24.4 Å².